The first kappa shape index (κ1) is 13.3. The van der Waals surface area contributed by atoms with Crippen molar-refractivity contribution < 1.29 is 0 Å². The first-order valence-corrected chi connectivity index (χ1v) is 5.95. The van der Waals surface area contributed by atoms with Crippen LogP contribution >= 0.6 is 0 Å². The SMILES string of the molecule is C#CCCCCNC(C)c1cccc(C#N)c1. The molecule has 0 aliphatic heterocycles. The summed E-state index contributed by atoms with van der Waals surface area (Å²) in [6, 6.07) is 10.1. The van der Waals surface area contributed by atoms with Gasteiger partial charge in [-0.05, 0) is 44.0 Å². The topological polar surface area (TPSA) is 35.8 Å². The maximum Gasteiger partial charge on any atom is 0.0991 e. The van der Waals surface area contributed by atoms with E-state index in [9.17, 15) is 0 Å². The predicted molar refractivity (Wildman–Crippen MR) is 70.3 cm³/mol. The Kier molecular flexibility index (Phi) is 5.86. The van der Waals surface area contributed by atoms with Crippen LogP contribution in [-0.2, 0) is 0 Å². The Balaban J connectivity index is 2.39. The Labute approximate surface area is 104 Å². The first-order chi connectivity index (χ1) is 8.27. The molecule has 2 nitrogen and oxygen atoms in total. The van der Waals surface area contributed by atoms with Crippen LogP contribution in [0.25, 0.3) is 0 Å². The highest BCUT2D eigenvalue weighted by atomic mass is 14.9. The van der Waals surface area contributed by atoms with Gasteiger partial charge in [-0.3, -0.25) is 0 Å². The molecule has 0 radical (unpaired) electrons. The largest absolute Gasteiger partial charge is 0.310 e. The van der Waals surface area contributed by atoms with Gasteiger partial charge in [-0.1, -0.05) is 12.1 Å². The van der Waals surface area contributed by atoms with E-state index in [2.05, 4.69) is 24.2 Å². The molecular formula is C15H18N2. The minimum Gasteiger partial charge on any atom is -0.310 e. The van der Waals surface area contributed by atoms with E-state index in [1.165, 1.54) is 0 Å². The van der Waals surface area contributed by atoms with Crippen LogP contribution in [0.3, 0.4) is 0 Å². The maximum atomic E-state index is 8.83. The van der Waals surface area contributed by atoms with Gasteiger partial charge in [0.15, 0.2) is 0 Å². The third-order valence-corrected chi connectivity index (χ3v) is 2.71. The maximum absolute atomic E-state index is 8.83. The molecule has 0 spiro atoms. The van der Waals surface area contributed by atoms with Crippen LogP contribution in [0.4, 0.5) is 0 Å². The van der Waals surface area contributed by atoms with Crippen molar-refractivity contribution in [2.75, 3.05) is 6.54 Å². The van der Waals surface area contributed by atoms with Crippen LogP contribution in [-0.4, -0.2) is 6.54 Å². The Morgan fingerprint density at radius 1 is 1.41 bits per heavy atom. The first-order valence-electron chi connectivity index (χ1n) is 5.95. The van der Waals surface area contributed by atoms with Crippen molar-refractivity contribution in [1.82, 2.24) is 5.32 Å². The Hall–Kier alpha value is -1.77. The zero-order chi connectivity index (χ0) is 12.5. The summed E-state index contributed by atoms with van der Waals surface area (Å²) in [5.74, 6) is 2.64. The van der Waals surface area contributed by atoms with Crippen LogP contribution < -0.4 is 5.32 Å². The van der Waals surface area contributed by atoms with Crippen molar-refractivity contribution in [2.24, 2.45) is 0 Å². The van der Waals surface area contributed by atoms with Gasteiger partial charge < -0.3 is 5.32 Å². The molecule has 1 aromatic rings. The molecule has 0 heterocycles. The fourth-order valence-corrected chi connectivity index (χ4v) is 1.67. The van der Waals surface area contributed by atoms with Crippen molar-refractivity contribution >= 4 is 0 Å². The lowest BCUT2D eigenvalue weighted by Crippen LogP contribution is -2.19. The summed E-state index contributed by atoms with van der Waals surface area (Å²) in [5.41, 5.74) is 1.87. The highest BCUT2D eigenvalue weighted by Crippen LogP contribution is 2.13. The van der Waals surface area contributed by atoms with Crippen LogP contribution in [0.15, 0.2) is 24.3 Å². The molecule has 0 saturated carbocycles. The summed E-state index contributed by atoms with van der Waals surface area (Å²) in [4.78, 5) is 0. The summed E-state index contributed by atoms with van der Waals surface area (Å²) >= 11 is 0. The van der Waals surface area contributed by atoms with Crippen molar-refractivity contribution in [1.29, 1.82) is 5.26 Å². The molecule has 0 amide bonds. The third-order valence-electron chi connectivity index (χ3n) is 2.71. The van der Waals surface area contributed by atoms with Gasteiger partial charge in [0.25, 0.3) is 0 Å². The van der Waals surface area contributed by atoms with Gasteiger partial charge in [0.2, 0.25) is 0 Å². The fourth-order valence-electron chi connectivity index (χ4n) is 1.67. The number of hydrogen-bond donors (Lipinski definition) is 1. The zero-order valence-corrected chi connectivity index (χ0v) is 10.2. The minimum absolute atomic E-state index is 0.272. The lowest BCUT2D eigenvalue weighted by Gasteiger charge is -2.14. The molecule has 1 aromatic carbocycles. The van der Waals surface area contributed by atoms with Crippen LogP contribution in [0, 0.1) is 23.7 Å². The van der Waals surface area contributed by atoms with Crippen LogP contribution in [0.5, 0.6) is 0 Å². The lowest BCUT2D eigenvalue weighted by atomic mass is 10.1. The number of nitriles is 1. The van der Waals surface area contributed by atoms with E-state index in [1.807, 2.05) is 24.3 Å². The molecule has 17 heavy (non-hydrogen) atoms. The molecule has 0 saturated heterocycles. The Morgan fingerprint density at radius 3 is 2.94 bits per heavy atom. The molecule has 1 N–H and O–H groups in total. The summed E-state index contributed by atoms with van der Waals surface area (Å²) in [5, 5.41) is 12.3. The van der Waals surface area contributed by atoms with Gasteiger partial charge in [0.05, 0.1) is 11.6 Å². The molecule has 0 bridgehead atoms. The fraction of sp³-hybridized carbons (Fsp3) is 0.400. The zero-order valence-electron chi connectivity index (χ0n) is 10.2. The van der Waals surface area contributed by atoms with Crippen LogP contribution in [0.2, 0.25) is 0 Å². The Bertz CT molecular complexity index is 423. The number of rotatable bonds is 6. The van der Waals surface area contributed by atoms with E-state index >= 15 is 0 Å². The van der Waals surface area contributed by atoms with E-state index in [1.54, 1.807) is 0 Å². The number of benzene rings is 1. The predicted octanol–water partition coefficient (Wildman–Crippen LogP) is 3.01. The molecule has 1 atom stereocenters. The molecule has 0 aliphatic carbocycles. The molecular weight excluding hydrogens is 208 g/mol. The number of nitrogens with one attached hydrogen (secondary N) is 1. The molecule has 1 unspecified atom stereocenters. The summed E-state index contributed by atoms with van der Waals surface area (Å²) < 4.78 is 0. The van der Waals surface area contributed by atoms with Gasteiger partial charge in [0, 0.05) is 12.5 Å². The van der Waals surface area contributed by atoms with E-state index in [0.717, 1.165) is 31.4 Å². The lowest BCUT2D eigenvalue weighted by molar-refractivity contribution is 0.549. The van der Waals surface area contributed by atoms with Crippen molar-refractivity contribution in [3.63, 3.8) is 0 Å². The summed E-state index contributed by atoms with van der Waals surface area (Å²) in [6.07, 6.45) is 8.19. The van der Waals surface area contributed by atoms with Crippen molar-refractivity contribution in [3.8, 4) is 18.4 Å². The van der Waals surface area contributed by atoms with Crippen molar-refractivity contribution in [2.45, 2.75) is 32.2 Å². The minimum atomic E-state index is 0.272. The van der Waals surface area contributed by atoms with E-state index in [0.29, 0.717) is 5.56 Å². The summed E-state index contributed by atoms with van der Waals surface area (Å²) in [6.45, 7) is 3.07. The van der Waals surface area contributed by atoms with Gasteiger partial charge >= 0.3 is 0 Å². The molecule has 0 fully saturated rings. The molecule has 0 aliphatic rings. The average molecular weight is 226 g/mol. The van der Waals surface area contributed by atoms with E-state index in [4.69, 9.17) is 11.7 Å². The average Bonchev–Trinajstić information content (AvgIpc) is 2.38. The van der Waals surface area contributed by atoms with Gasteiger partial charge in [-0.15, -0.1) is 12.3 Å². The number of terminal acetylenes is 1. The van der Waals surface area contributed by atoms with E-state index in [-0.39, 0.29) is 6.04 Å². The van der Waals surface area contributed by atoms with Gasteiger partial charge in [-0.25, -0.2) is 0 Å². The molecule has 88 valence electrons. The van der Waals surface area contributed by atoms with E-state index < -0.39 is 0 Å². The standard InChI is InChI=1S/C15H18N2/c1-3-4-5-6-10-17-13(2)15-9-7-8-14(11-15)12-16/h1,7-9,11,13,17H,4-6,10H2,2H3. The number of nitrogens with zero attached hydrogens (tertiary/aromatic N) is 1. The second kappa shape index (κ2) is 7.49. The number of hydrogen-bond acceptors (Lipinski definition) is 2. The van der Waals surface area contributed by atoms with Gasteiger partial charge in [0.1, 0.15) is 0 Å². The van der Waals surface area contributed by atoms with Gasteiger partial charge in [-0.2, -0.15) is 5.26 Å². The molecule has 2 heteroatoms. The second-order valence-corrected chi connectivity index (χ2v) is 4.07. The normalized spacial score (nSPS) is 11.5. The Morgan fingerprint density at radius 2 is 2.24 bits per heavy atom. The summed E-state index contributed by atoms with van der Waals surface area (Å²) in [7, 11) is 0. The number of unbranched alkanes of at least 4 members (excludes halogenated alkanes) is 2. The molecule has 1 rings (SSSR count). The third kappa shape index (κ3) is 4.72. The smallest absolute Gasteiger partial charge is 0.0991 e. The van der Waals surface area contributed by atoms with Crippen LogP contribution in [0.1, 0.15) is 43.4 Å². The second-order valence-electron chi connectivity index (χ2n) is 4.07. The quantitative estimate of drug-likeness (QED) is 0.598. The molecule has 0 aromatic heterocycles. The van der Waals surface area contributed by atoms with Crippen molar-refractivity contribution in [3.05, 3.63) is 35.4 Å². The highest BCUT2D eigenvalue weighted by Gasteiger charge is 2.04. The highest BCUT2D eigenvalue weighted by molar-refractivity contribution is 5.33. The monoisotopic (exact) mass is 226 g/mol.